The molecule has 0 aliphatic heterocycles. The summed E-state index contributed by atoms with van der Waals surface area (Å²) in [5.41, 5.74) is 0.527. The molecule has 0 amide bonds. The number of rotatable bonds is 3. The zero-order chi connectivity index (χ0) is 11.8. The van der Waals surface area contributed by atoms with Gasteiger partial charge in [-0.1, -0.05) is 13.8 Å². The van der Waals surface area contributed by atoms with E-state index < -0.39 is 9.05 Å². The maximum absolute atomic E-state index is 11.3. The minimum atomic E-state index is -3.70. The highest BCUT2D eigenvalue weighted by Gasteiger charge is 2.22. The lowest BCUT2D eigenvalue weighted by Crippen LogP contribution is -2.02. The van der Waals surface area contributed by atoms with Crippen molar-refractivity contribution < 1.29 is 8.42 Å². The average Bonchev–Trinajstić information content (AvgIpc) is 2.45. The maximum Gasteiger partial charge on any atom is 0.264 e. The third kappa shape index (κ3) is 2.72. The maximum atomic E-state index is 11.3. The molecule has 0 fully saturated rings. The SMILES string of the molecule is CC(C)c1nn(C(C)C)cc1S(=O)(=O)Cl. The van der Waals surface area contributed by atoms with Crippen molar-refractivity contribution in [3.63, 3.8) is 0 Å². The molecule has 0 radical (unpaired) electrons. The molecule has 1 heterocycles. The minimum absolute atomic E-state index is 0.0357. The van der Waals surface area contributed by atoms with E-state index in [-0.39, 0.29) is 16.9 Å². The van der Waals surface area contributed by atoms with Gasteiger partial charge < -0.3 is 0 Å². The van der Waals surface area contributed by atoms with Gasteiger partial charge in [0.2, 0.25) is 0 Å². The van der Waals surface area contributed by atoms with E-state index in [1.54, 1.807) is 4.68 Å². The summed E-state index contributed by atoms with van der Waals surface area (Å²) in [5.74, 6) is 0.0357. The summed E-state index contributed by atoms with van der Waals surface area (Å²) in [4.78, 5) is 0.118. The van der Waals surface area contributed by atoms with Crippen LogP contribution in [0.2, 0.25) is 0 Å². The van der Waals surface area contributed by atoms with E-state index in [0.717, 1.165) is 0 Å². The molecule has 1 aromatic rings. The molecule has 0 aromatic carbocycles. The van der Waals surface area contributed by atoms with E-state index >= 15 is 0 Å². The first-order valence-electron chi connectivity index (χ1n) is 4.77. The highest BCUT2D eigenvalue weighted by molar-refractivity contribution is 8.13. The predicted octanol–water partition coefficient (Wildman–Crippen LogP) is 2.51. The van der Waals surface area contributed by atoms with Gasteiger partial charge in [0.1, 0.15) is 4.90 Å². The third-order valence-corrected chi connectivity index (χ3v) is 3.40. The van der Waals surface area contributed by atoms with Crippen LogP contribution in [0.4, 0.5) is 0 Å². The lowest BCUT2D eigenvalue weighted by atomic mass is 10.1. The molecule has 0 spiro atoms. The first-order chi connectivity index (χ1) is 6.73. The van der Waals surface area contributed by atoms with E-state index in [9.17, 15) is 8.42 Å². The van der Waals surface area contributed by atoms with Gasteiger partial charge in [0, 0.05) is 22.9 Å². The summed E-state index contributed by atoms with van der Waals surface area (Å²) >= 11 is 0. The number of nitrogens with zero attached hydrogens (tertiary/aromatic N) is 2. The summed E-state index contributed by atoms with van der Waals surface area (Å²) in [6.07, 6.45) is 1.49. The van der Waals surface area contributed by atoms with Crippen LogP contribution in [0.1, 0.15) is 45.3 Å². The minimum Gasteiger partial charge on any atom is -0.269 e. The van der Waals surface area contributed by atoms with Crippen LogP contribution in [0, 0.1) is 0 Å². The molecule has 86 valence electrons. The van der Waals surface area contributed by atoms with Gasteiger partial charge >= 0.3 is 0 Å². The van der Waals surface area contributed by atoms with Gasteiger partial charge in [-0.25, -0.2) is 8.42 Å². The Bertz CT molecular complexity index is 449. The largest absolute Gasteiger partial charge is 0.269 e. The summed E-state index contributed by atoms with van der Waals surface area (Å²) < 4.78 is 24.2. The lowest BCUT2D eigenvalue weighted by molar-refractivity contribution is 0.522. The zero-order valence-electron chi connectivity index (χ0n) is 9.23. The third-order valence-electron chi connectivity index (χ3n) is 2.06. The fraction of sp³-hybridized carbons (Fsp3) is 0.667. The van der Waals surface area contributed by atoms with Crippen molar-refractivity contribution in [3.8, 4) is 0 Å². The Kier molecular flexibility index (Phi) is 3.45. The van der Waals surface area contributed by atoms with Gasteiger partial charge in [0.05, 0.1) is 5.69 Å². The first kappa shape index (κ1) is 12.5. The van der Waals surface area contributed by atoms with Gasteiger partial charge in [0.15, 0.2) is 0 Å². The number of aromatic nitrogens is 2. The molecule has 1 rings (SSSR count). The van der Waals surface area contributed by atoms with Gasteiger partial charge in [0.25, 0.3) is 9.05 Å². The Balaban J connectivity index is 3.37. The van der Waals surface area contributed by atoms with Crippen molar-refractivity contribution in [2.75, 3.05) is 0 Å². The molecule has 0 bridgehead atoms. The Hall–Kier alpha value is -0.550. The van der Waals surface area contributed by atoms with Crippen LogP contribution in [0.3, 0.4) is 0 Å². The fourth-order valence-electron chi connectivity index (χ4n) is 1.24. The second-order valence-electron chi connectivity index (χ2n) is 4.04. The molecule has 0 unspecified atom stereocenters. The molecule has 1 aromatic heterocycles. The number of hydrogen-bond acceptors (Lipinski definition) is 3. The molecule has 0 atom stereocenters. The highest BCUT2D eigenvalue weighted by atomic mass is 35.7. The standard InChI is InChI=1S/C9H15ClN2O2S/c1-6(2)9-8(15(10,13)14)5-12(11-9)7(3)4/h5-7H,1-4H3. The monoisotopic (exact) mass is 250 g/mol. The first-order valence-corrected chi connectivity index (χ1v) is 7.08. The van der Waals surface area contributed by atoms with Crippen LogP contribution in [0.15, 0.2) is 11.1 Å². The summed E-state index contributed by atoms with van der Waals surface area (Å²) in [6.45, 7) is 7.64. The number of halogens is 1. The van der Waals surface area contributed by atoms with Crippen LogP contribution in [-0.2, 0) is 9.05 Å². The average molecular weight is 251 g/mol. The number of hydrogen-bond donors (Lipinski definition) is 0. The summed E-state index contributed by atoms with van der Waals surface area (Å²) in [7, 11) is 1.64. The normalized spacial score (nSPS) is 12.7. The van der Waals surface area contributed by atoms with Crippen LogP contribution in [0.25, 0.3) is 0 Å². The molecule has 4 nitrogen and oxygen atoms in total. The quantitative estimate of drug-likeness (QED) is 0.775. The molecular formula is C9H15ClN2O2S. The van der Waals surface area contributed by atoms with E-state index in [2.05, 4.69) is 5.10 Å². The van der Waals surface area contributed by atoms with Crippen molar-refractivity contribution in [1.29, 1.82) is 0 Å². The van der Waals surface area contributed by atoms with E-state index in [0.29, 0.717) is 5.69 Å². The van der Waals surface area contributed by atoms with E-state index in [4.69, 9.17) is 10.7 Å². The van der Waals surface area contributed by atoms with Crippen molar-refractivity contribution in [1.82, 2.24) is 9.78 Å². The summed E-state index contributed by atoms with van der Waals surface area (Å²) in [6, 6.07) is 0.120. The van der Waals surface area contributed by atoms with Gasteiger partial charge in [-0.3, -0.25) is 4.68 Å². The molecule has 0 aliphatic carbocycles. The van der Waals surface area contributed by atoms with Crippen molar-refractivity contribution >= 4 is 19.7 Å². The van der Waals surface area contributed by atoms with Crippen molar-refractivity contribution in [2.45, 2.75) is 44.6 Å². The van der Waals surface area contributed by atoms with Crippen LogP contribution in [0.5, 0.6) is 0 Å². The second kappa shape index (κ2) is 4.14. The molecule has 15 heavy (non-hydrogen) atoms. The van der Waals surface area contributed by atoms with Gasteiger partial charge in [-0.15, -0.1) is 0 Å². The highest BCUT2D eigenvalue weighted by Crippen LogP contribution is 2.26. The molecular weight excluding hydrogens is 236 g/mol. The molecule has 0 saturated carbocycles. The smallest absolute Gasteiger partial charge is 0.264 e. The van der Waals surface area contributed by atoms with E-state index in [1.807, 2.05) is 27.7 Å². The Morgan fingerprint density at radius 3 is 2.13 bits per heavy atom. The summed E-state index contributed by atoms with van der Waals surface area (Å²) in [5, 5.41) is 4.23. The van der Waals surface area contributed by atoms with Crippen LogP contribution < -0.4 is 0 Å². The molecule has 6 heteroatoms. The van der Waals surface area contributed by atoms with Gasteiger partial charge in [-0.2, -0.15) is 5.10 Å². The zero-order valence-corrected chi connectivity index (χ0v) is 10.8. The van der Waals surface area contributed by atoms with Crippen molar-refractivity contribution in [3.05, 3.63) is 11.9 Å². The fourth-order valence-corrected chi connectivity index (χ4v) is 2.36. The van der Waals surface area contributed by atoms with E-state index in [1.165, 1.54) is 6.20 Å². The molecule has 0 saturated heterocycles. The Morgan fingerprint density at radius 1 is 1.33 bits per heavy atom. The van der Waals surface area contributed by atoms with Crippen LogP contribution in [-0.4, -0.2) is 18.2 Å². The topological polar surface area (TPSA) is 52.0 Å². The second-order valence-corrected chi connectivity index (χ2v) is 6.58. The van der Waals surface area contributed by atoms with Crippen molar-refractivity contribution in [2.24, 2.45) is 0 Å². The molecule has 0 aliphatic rings. The lowest BCUT2D eigenvalue weighted by Gasteiger charge is -2.04. The van der Waals surface area contributed by atoms with Crippen LogP contribution >= 0.6 is 10.7 Å². The Labute approximate surface area is 94.7 Å². The Morgan fingerprint density at radius 2 is 1.87 bits per heavy atom. The molecule has 0 N–H and O–H groups in total. The van der Waals surface area contributed by atoms with Gasteiger partial charge in [-0.05, 0) is 19.8 Å². The predicted molar refractivity (Wildman–Crippen MR) is 59.7 cm³/mol.